The average Bonchev–Trinajstić information content (AvgIpc) is 3.43. The first kappa shape index (κ1) is 24.4. The number of nitrogens with one attached hydrogen (secondary N) is 1. The van der Waals surface area contributed by atoms with Crippen molar-refractivity contribution < 1.29 is 22.7 Å². The van der Waals surface area contributed by atoms with Crippen molar-refractivity contribution in [1.29, 1.82) is 0 Å². The number of rotatable bonds is 6. The van der Waals surface area contributed by atoms with Crippen molar-refractivity contribution in [3.8, 4) is 0 Å². The zero-order valence-corrected chi connectivity index (χ0v) is 20.1. The molecule has 0 radical (unpaired) electrons. The lowest BCUT2D eigenvalue weighted by Gasteiger charge is -2.37. The van der Waals surface area contributed by atoms with Crippen LogP contribution in [0.25, 0.3) is 10.9 Å². The van der Waals surface area contributed by atoms with Crippen LogP contribution in [0.5, 0.6) is 0 Å². The molecule has 1 unspecified atom stereocenters. The highest BCUT2D eigenvalue weighted by molar-refractivity contribution is 5.93. The van der Waals surface area contributed by atoms with E-state index in [0.29, 0.717) is 26.3 Å². The quantitative estimate of drug-likeness (QED) is 0.508. The SMILES string of the molecule is C[C@@H](Nc1ccnc2ccc(N3CCN(C(=O)C4CCOC4)CC3)cc12)c1cccc(C(F)F)c1F. The summed E-state index contributed by atoms with van der Waals surface area (Å²) in [4.78, 5) is 21.3. The maximum Gasteiger partial charge on any atom is 0.266 e. The van der Waals surface area contributed by atoms with E-state index in [0.717, 1.165) is 47.9 Å². The molecular weight excluding hydrogens is 469 g/mol. The summed E-state index contributed by atoms with van der Waals surface area (Å²) in [6.07, 6.45) is -0.412. The molecule has 1 N–H and O–H groups in total. The molecule has 9 heteroatoms. The van der Waals surface area contributed by atoms with E-state index in [1.165, 1.54) is 12.1 Å². The predicted octanol–water partition coefficient (Wildman–Crippen LogP) is 5.17. The van der Waals surface area contributed by atoms with Gasteiger partial charge in [0, 0.05) is 61.3 Å². The summed E-state index contributed by atoms with van der Waals surface area (Å²) in [6.45, 7) is 5.66. The Hall–Kier alpha value is -3.33. The zero-order valence-electron chi connectivity index (χ0n) is 20.1. The Balaban J connectivity index is 1.33. The minimum atomic E-state index is -2.87. The largest absolute Gasteiger partial charge is 0.381 e. The van der Waals surface area contributed by atoms with Crippen LogP contribution < -0.4 is 10.2 Å². The van der Waals surface area contributed by atoms with Gasteiger partial charge in [-0.3, -0.25) is 9.78 Å². The fourth-order valence-corrected chi connectivity index (χ4v) is 5.01. The number of halogens is 3. The maximum absolute atomic E-state index is 14.7. The van der Waals surface area contributed by atoms with Gasteiger partial charge in [-0.1, -0.05) is 18.2 Å². The lowest BCUT2D eigenvalue weighted by molar-refractivity contribution is -0.135. The smallest absolute Gasteiger partial charge is 0.266 e. The van der Waals surface area contributed by atoms with Crippen molar-refractivity contribution in [3.63, 3.8) is 0 Å². The number of pyridine rings is 1. The van der Waals surface area contributed by atoms with Crippen molar-refractivity contribution in [2.45, 2.75) is 25.8 Å². The molecular formula is C27H29F3N4O2. The molecule has 5 rings (SSSR count). The summed E-state index contributed by atoms with van der Waals surface area (Å²) in [7, 11) is 0. The molecule has 1 aromatic heterocycles. The topological polar surface area (TPSA) is 57.7 Å². The number of nitrogens with zero attached hydrogens (tertiary/aromatic N) is 3. The number of amides is 1. The Labute approximate surface area is 208 Å². The zero-order chi connectivity index (χ0) is 25.2. The molecule has 3 aromatic rings. The molecule has 1 amide bonds. The van der Waals surface area contributed by atoms with E-state index in [2.05, 4.69) is 15.2 Å². The third kappa shape index (κ3) is 4.84. The number of hydrogen-bond acceptors (Lipinski definition) is 5. The fraction of sp³-hybridized carbons (Fsp3) is 0.407. The number of anilines is 2. The van der Waals surface area contributed by atoms with E-state index in [-0.39, 0.29) is 17.4 Å². The Kier molecular flexibility index (Phi) is 7.00. The molecule has 3 heterocycles. The summed E-state index contributed by atoms with van der Waals surface area (Å²) in [6, 6.07) is 11.3. The van der Waals surface area contributed by atoms with Gasteiger partial charge in [-0.2, -0.15) is 0 Å². The van der Waals surface area contributed by atoms with Gasteiger partial charge in [0.15, 0.2) is 0 Å². The standard InChI is InChI=1S/C27H29F3N4O2/c1-17(20-3-2-4-21(25(20)28)26(29)30)32-24-7-9-31-23-6-5-19(15-22(23)24)33-10-12-34(13-11-33)27(35)18-8-14-36-16-18/h2-7,9,15,17-18,26H,8,10-14,16H2,1H3,(H,31,32)/t17-,18?/m1/s1. The van der Waals surface area contributed by atoms with Crippen LogP contribution in [0.3, 0.4) is 0 Å². The molecule has 190 valence electrons. The second-order valence-corrected chi connectivity index (χ2v) is 9.35. The third-order valence-electron chi connectivity index (χ3n) is 7.09. The number of alkyl halides is 2. The van der Waals surface area contributed by atoms with Crippen molar-refractivity contribution >= 4 is 28.2 Å². The van der Waals surface area contributed by atoms with E-state index in [1.807, 2.05) is 23.1 Å². The molecule has 2 aliphatic rings. The maximum atomic E-state index is 14.7. The summed E-state index contributed by atoms with van der Waals surface area (Å²) < 4.78 is 46.4. The van der Waals surface area contributed by atoms with Crippen LogP contribution in [0, 0.1) is 11.7 Å². The van der Waals surface area contributed by atoms with Gasteiger partial charge in [-0.05, 0) is 37.6 Å². The molecule has 2 aliphatic heterocycles. The van der Waals surface area contributed by atoms with E-state index in [9.17, 15) is 18.0 Å². The summed E-state index contributed by atoms with van der Waals surface area (Å²) in [5.41, 5.74) is 2.11. The molecule has 0 aliphatic carbocycles. The van der Waals surface area contributed by atoms with E-state index < -0.39 is 23.8 Å². The molecule has 6 nitrogen and oxygen atoms in total. The van der Waals surface area contributed by atoms with Gasteiger partial charge >= 0.3 is 0 Å². The predicted molar refractivity (Wildman–Crippen MR) is 133 cm³/mol. The molecule has 0 bridgehead atoms. The average molecular weight is 499 g/mol. The Bertz CT molecular complexity index is 1240. The first-order valence-electron chi connectivity index (χ1n) is 12.3. The lowest BCUT2D eigenvalue weighted by atomic mass is 10.0. The van der Waals surface area contributed by atoms with Crippen LogP contribution in [-0.2, 0) is 9.53 Å². The normalized spacial score (nSPS) is 19.2. The highest BCUT2D eigenvalue weighted by atomic mass is 19.3. The molecule has 0 spiro atoms. The number of fused-ring (bicyclic) bond motifs is 1. The van der Waals surface area contributed by atoms with E-state index in [1.54, 1.807) is 19.2 Å². The van der Waals surface area contributed by atoms with Gasteiger partial charge < -0.3 is 19.9 Å². The third-order valence-corrected chi connectivity index (χ3v) is 7.09. The number of carbonyl (C=O) groups excluding carboxylic acids is 1. The fourth-order valence-electron chi connectivity index (χ4n) is 5.01. The van der Waals surface area contributed by atoms with Crippen LogP contribution in [-0.4, -0.2) is 55.2 Å². The number of piperazine rings is 1. The Morgan fingerprint density at radius 3 is 2.61 bits per heavy atom. The van der Waals surface area contributed by atoms with Crippen LogP contribution in [0.2, 0.25) is 0 Å². The Morgan fingerprint density at radius 2 is 1.89 bits per heavy atom. The van der Waals surface area contributed by atoms with Crippen molar-refractivity contribution in [3.05, 3.63) is 65.6 Å². The van der Waals surface area contributed by atoms with Gasteiger partial charge in [0.2, 0.25) is 5.91 Å². The minimum absolute atomic E-state index is 0.0230. The van der Waals surface area contributed by atoms with Crippen LogP contribution in [0.15, 0.2) is 48.7 Å². The van der Waals surface area contributed by atoms with Crippen LogP contribution in [0.1, 0.15) is 36.9 Å². The van der Waals surface area contributed by atoms with Gasteiger partial charge in [0.05, 0.1) is 29.6 Å². The summed E-state index contributed by atoms with van der Waals surface area (Å²) in [5, 5.41) is 4.14. The molecule has 0 saturated carbocycles. The number of hydrogen-bond donors (Lipinski definition) is 1. The molecule has 36 heavy (non-hydrogen) atoms. The molecule has 2 atom stereocenters. The number of aromatic nitrogens is 1. The van der Waals surface area contributed by atoms with Gasteiger partial charge in [-0.25, -0.2) is 13.2 Å². The monoisotopic (exact) mass is 498 g/mol. The van der Waals surface area contributed by atoms with Crippen molar-refractivity contribution in [1.82, 2.24) is 9.88 Å². The van der Waals surface area contributed by atoms with Crippen molar-refractivity contribution in [2.24, 2.45) is 5.92 Å². The van der Waals surface area contributed by atoms with Crippen molar-refractivity contribution in [2.75, 3.05) is 49.6 Å². The first-order valence-corrected chi connectivity index (χ1v) is 12.3. The van der Waals surface area contributed by atoms with Gasteiger partial charge in [0.1, 0.15) is 5.82 Å². The second kappa shape index (κ2) is 10.3. The first-order chi connectivity index (χ1) is 17.4. The number of ether oxygens (including phenoxy) is 1. The lowest BCUT2D eigenvalue weighted by Crippen LogP contribution is -2.50. The van der Waals surface area contributed by atoms with Crippen LogP contribution >= 0.6 is 0 Å². The van der Waals surface area contributed by atoms with E-state index in [4.69, 9.17) is 4.74 Å². The number of carbonyl (C=O) groups is 1. The van der Waals surface area contributed by atoms with Gasteiger partial charge in [0.25, 0.3) is 6.43 Å². The minimum Gasteiger partial charge on any atom is -0.381 e. The summed E-state index contributed by atoms with van der Waals surface area (Å²) in [5.74, 6) is -0.730. The molecule has 2 saturated heterocycles. The van der Waals surface area contributed by atoms with E-state index >= 15 is 0 Å². The Morgan fingerprint density at radius 1 is 1.11 bits per heavy atom. The molecule has 2 aromatic carbocycles. The highest BCUT2D eigenvalue weighted by Gasteiger charge is 2.30. The number of benzene rings is 2. The molecule has 2 fully saturated rings. The van der Waals surface area contributed by atoms with Gasteiger partial charge in [-0.15, -0.1) is 0 Å². The second-order valence-electron chi connectivity index (χ2n) is 9.35. The van der Waals surface area contributed by atoms with Crippen LogP contribution in [0.4, 0.5) is 24.5 Å². The highest BCUT2D eigenvalue weighted by Crippen LogP contribution is 2.32. The summed E-state index contributed by atoms with van der Waals surface area (Å²) >= 11 is 0.